The number of benzene rings is 2. The Bertz CT molecular complexity index is 934. The number of aryl methyl sites for hydroxylation is 1. The number of hydrogen-bond acceptors (Lipinski definition) is 4. The highest BCUT2D eigenvalue weighted by molar-refractivity contribution is 5.96. The molecule has 0 aromatic heterocycles. The maximum atomic E-state index is 12.6. The van der Waals surface area contributed by atoms with Gasteiger partial charge in [-0.3, -0.25) is 4.79 Å². The first-order valence-corrected chi connectivity index (χ1v) is 9.63. The maximum Gasteiger partial charge on any atom is 0.338 e. The minimum Gasteiger partial charge on any atom is -0.488 e. The summed E-state index contributed by atoms with van der Waals surface area (Å²) in [5.74, 6) is -0.0743. The number of carbonyl (C=O) groups is 2. The fourth-order valence-electron chi connectivity index (χ4n) is 3.72. The molecule has 4 rings (SSSR count). The van der Waals surface area contributed by atoms with Crippen LogP contribution in [-0.2, 0) is 20.7 Å². The average molecular weight is 377 g/mol. The Balaban J connectivity index is 1.39. The second-order valence-electron chi connectivity index (χ2n) is 7.20. The lowest BCUT2D eigenvalue weighted by Crippen LogP contribution is -2.39. The van der Waals surface area contributed by atoms with E-state index in [2.05, 4.69) is 17.4 Å². The average Bonchev–Trinajstić information content (AvgIpc) is 2.73. The number of amides is 1. The van der Waals surface area contributed by atoms with Crippen molar-refractivity contribution in [3.05, 3.63) is 70.8 Å². The Morgan fingerprint density at radius 1 is 1.14 bits per heavy atom. The van der Waals surface area contributed by atoms with Crippen molar-refractivity contribution in [2.75, 3.05) is 6.61 Å². The number of hydrogen-bond donors (Lipinski definition) is 1. The number of fused-ring (bicyclic) bond motifs is 2. The van der Waals surface area contributed by atoms with Crippen molar-refractivity contribution < 1.29 is 19.1 Å². The predicted octanol–water partition coefficient (Wildman–Crippen LogP) is 3.59. The number of para-hydroxylation sites is 1. The zero-order chi connectivity index (χ0) is 19.5. The van der Waals surface area contributed by atoms with E-state index in [-0.39, 0.29) is 18.6 Å². The molecule has 0 unspecified atom stereocenters. The zero-order valence-electron chi connectivity index (χ0n) is 15.8. The number of carbonyl (C=O) groups excluding carboxylic acids is 2. The first-order chi connectivity index (χ1) is 13.6. The molecule has 1 N–H and O–H groups in total. The third-order valence-electron chi connectivity index (χ3n) is 5.23. The van der Waals surface area contributed by atoms with Gasteiger partial charge in [-0.1, -0.05) is 42.5 Å². The monoisotopic (exact) mass is 377 g/mol. The van der Waals surface area contributed by atoms with E-state index in [4.69, 9.17) is 9.47 Å². The normalized spacial score (nSPS) is 18.6. The summed E-state index contributed by atoms with van der Waals surface area (Å²) in [7, 11) is 0. The second kappa shape index (κ2) is 7.89. The maximum absolute atomic E-state index is 12.6. The number of ether oxygens (including phenoxy) is 2. The van der Waals surface area contributed by atoms with Gasteiger partial charge in [0, 0.05) is 5.56 Å². The van der Waals surface area contributed by atoms with Crippen LogP contribution in [0.15, 0.2) is 54.1 Å². The van der Waals surface area contributed by atoms with Crippen LogP contribution in [0.4, 0.5) is 0 Å². The Kier molecular flexibility index (Phi) is 5.15. The van der Waals surface area contributed by atoms with Crippen molar-refractivity contribution in [2.24, 2.45) is 0 Å². The molecule has 144 valence electrons. The molecule has 1 aliphatic heterocycles. The first-order valence-electron chi connectivity index (χ1n) is 9.63. The molecule has 1 amide bonds. The Morgan fingerprint density at radius 2 is 1.93 bits per heavy atom. The molecule has 5 nitrogen and oxygen atoms in total. The highest BCUT2D eigenvalue weighted by Gasteiger charge is 2.27. The molecule has 2 aromatic rings. The van der Waals surface area contributed by atoms with Gasteiger partial charge in [0.2, 0.25) is 0 Å². The molecule has 2 aromatic carbocycles. The van der Waals surface area contributed by atoms with Crippen LogP contribution in [0, 0.1) is 0 Å². The van der Waals surface area contributed by atoms with Crippen molar-refractivity contribution in [1.29, 1.82) is 0 Å². The summed E-state index contributed by atoms with van der Waals surface area (Å²) in [6.45, 7) is 1.74. The fourth-order valence-corrected chi connectivity index (χ4v) is 3.72. The van der Waals surface area contributed by atoms with E-state index in [0.717, 1.165) is 36.1 Å². The van der Waals surface area contributed by atoms with Gasteiger partial charge < -0.3 is 14.8 Å². The van der Waals surface area contributed by atoms with Crippen LogP contribution >= 0.6 is 0 Å². The van der Waals surface area contributed by atoms with Crippen LogP contribution in [-0.4, -0.2) is 24.6 Å². The fraction of sp³-hybridized carbons (Fsp3) is 0.304. The minimum absolute atomic E-state index is 0.0392. The van der Waals surface area contributed by atoms with Crippen LogP contribution in [0.2, 0.25) is 0 Å². The summed E-state index contributed by atoms with van der Waals surface area (Å²) in [4.78, 5) is 25.1. The van der Waals surface area contributed by atoms with Gasteiger partial charge in [0.15, 0.2) is 6.10 Å². The Labute approximate surface area is 164 Å². The van der Waals surface area contributed by atoms with Crippen LogP contribution < -0.4 is 10.1 Å². The lowest BCUT2D eigenvalue weighted by Gasteiger charge is -2.27. The van der Waals surface area contributed by atoms with Crippen LogP contribution in [0.3, 0.4) is 0 Å². The van der Waals surface area contributed by atoms with E-state index in [1.807, 2.05) is 36.4 Å². The van der Waals surface area contributed by atoms with Gasteiger partial charge in [-0.2, -0.15) is 0 Å². The van der Waals surface area contributed by atoms with Crippen LogP contribution in [0.1, 0.15) is 42.5 Å². The van der Waals surface area contributed by atoms with Gasteiger partial charge in [0.1, 0.15) is 12.4 Å². The third-order valence-corrected chi connectivity index (χ3v) is 5.23. The van der Waals surface area contributed by atoms with Gasteiger partial charge in [0.25, 0.3) is 5.91 Å². The molecule has 0 fully saturated rings. The van der Waals surface area contributed by atoms with E-state index >= 15 is 0 Å². The molecule has 2 atom stereocenters. The summed E-state index contributed by atoms with van der Waals surface area (Å²) >= 11 is 0. The van der Waals surface area contributed by atoms with E-state index in [9.17, 15) is 9.59 Å². The van der Waals surface area contributed by atoms with E-state index < -0.39 is 12.1 Å². The molecule has 0 saturated heterocycles. The van der Waals surface area contributed by atoms with Gasteiger partial charge in [-0.05, 0) is 49.5 Å². The molecule has 2 aliphatic rings. The zero-order valence-corrected chi connectivity index (χ0v) is 15.8. The van der Waals surface area contributed by atoms with Crippen molar-refractivity contribution >= 4 is 18.0 Å². The topological polar surface area (TPSA) is 64.6 Å². The molecular weight excluding hydrogens is 354 g/mol. The number of rotatable bonds is 4. The smallest absolute Gasteiger partial charge is 0.338 e. The standard InChI is InChI=1S/C23H23NO4/c1-15(22(25)24-20-11-6-9-16-7-2-4-10-19(16)20)28-23(26)18-13-17-8-3-5-12-21(17)27-14-18/h2-5,7-8,10,12-13,15,20H,6,9,11,14H2,1H3,(H,24,25)/t15-,20+/m1/s1. The minimum atomic E-state index is -0.875. The van der Waals surface area contributed by atoms with Crippen molar-refractivity contribution in [3.63, 3.8) is 0 Å². The van der Waals surface area contributed by atoms with E-state index in [1.54, 1.807) is 13.0 Å². The summed E-state index contributed by atoms with van der Waals surface area (Å²) in [5.41, 5.74) is 3.66. The highest BCUT2D eigenvalue weighted by Crippen LogP contribution is 2.30. The molecule has 1 aliphatic carbocycles. The summed E-state index contributed by atoms with van der Waals surface area (Å²) < 4.78 is 11.0. The number of nitrogens with one attached hydrogen (secondary N) is 1. The second-order valence-corrected chi connectivity index (χ2v) is 7.20. The number of esters is 1. The Morgan fingerprint density at radius 3 is 2.82 bits per heavy atom. The molecule has 0 saturated carbocycles. The molecule has 0 radical (unpaired) electrons. The largest absolute Gasteiger partial charge is 0.488 e. The van der Waals surface area contributed by atoms with Crippen molar-refractivity contribution in [2.45, 2.75) is 38.3 Å². The first kappa shape index (κ1) is 18.3. The SMILES string of the molecule is C[C@@H](OC(=O)C1=Cc2ccccc2OC1)C(=O)N[C@H]1CCCc2ccccc21. The van der Waals surface area contributed by atoms with Gasteiger partial charge >= 0.3 is 5.97 Å². The quantitative estimate of drug-likeness (QED) is 0.827. The summed E-state index contributed by atoms with van der Waals surface area (Å²) in [6, 6.07) is 15.6. The molecule has 1 heterocycles. The molecule has 0 bridgehead atoms. The van der Waals surface area contributed by atoms with E-state index in [0.29, 0.717) is 5.57 Å². The Hall–Kier alpha value is -3.08. The molecular formula is C23H23NO4. The molecule has 0 spiro atoms. The predicted molar refractivity (Wildman–Crippen MR) is 106 cm³/mol. The lowest BCUT2D eigenvalue weighted by atomic mass is 9.87. The van der Waals surface area contributed by atoms with Crippen LogP contribution in [0.5, 0.6) is 5.75 Å². The summed E-state index contributed by atoms with van der Waals surface area (Å²) in [6.07, 6.45) is 3.82. The van der Waals surface area contributed by atoms with Gasteiger partial charge in [-0.15, -0.1) is 0 Å². The molecule has 28 heavy (non-hydrogen) atoms. The van der Waals surface area contributed by atoms with Gasteiger partial charge in [0.05, 0.1) is 11.6 Å². The van der Waals surface area contributed by atoms with Gasteiger partial charge in [-0.25, -0.2) is 4.79 Å². The van der Waals surface area contributed by atoms with Crippen molar-refractivity contribution in [1.82, 2.24) is 5.32 Å². The third kappa shape index (κ3) is 3.79. The lowest BCUT2D eigenvalue weighted by molar-refractivity contribution is -0.151. The molecule has 5 heteroatoms. The van der Waals surface area contributed by atoms with Crippen molar-refractivity contribution in [3.8, 4) is 5.75 Å². The van der Waals surface area contributed by atoms with Crippen LogP contribution in [0.25, 0.3) is 6.08 Å². The van der Waals surface area contributed by atoms with E-state index in [1.165, 1.54) is 5.56 Å². The summed E-state index contributed by atoms with van der Waals surface area (Å²) in [5, 5.41) is 3.03. The highest BCUT2D eigenvalue weighted by atomic mass is 16.6.